The topological polar surface area (TPSA) is 65.0 Å². The van der Waals surface area contributed by atoms with Crippen molar-refractivity contribution < 1.29 is 24.1 Å². The first-order chi connectivity index (χ1) is 7.92. The van der Waals surface area contributed by atoms with E-state index in [2.05, 4.69) is 0 Å². The summed E-state index contributed by atoms with van der Waals surface area (Å²) in [5, 5.41) is 9.02. The average Bonchev–Trinajstić information content (AvgIpc) is 2.28. The van der Waals surface area contributed by atoms with Gasteiger partial charge in [0, 0.05) is 0 Å². The Hall–Kier alpha value is -1.91. The average molecular weight is 240 g/mol. The Balaban J connectivity index is 3.16. The summed E-state index contributed by atoms with van der Waals surface area (Å²) in [5.74, 6) is 0.0766. The van der Waals surface area contributed by atoms with Crippen LogP contribution in [0.1, 0.15) is 13.8 Å². The SMILES string of the molecule is COc1cccc(OC)c1OC(C)(C)C(=O)O. The molecule has 0 atom stereocenters. The Morgan fingerprint density at radius 1 is 1.18 bits per heavy atom. The van der Waals surface area contributed by atoms with Crippen LogP contribution in [0.2, 0.25) is 0 Å². The first kappa shape index (κ1) is 13.2. The third-order valence-corrected chi connectivity index (χ3v) is 2.25. The summed E-state index contributed by atoms with van der Waals surface area (Å²) < 4.78 is 15.7. The zero-order chi connectivity index (χ0) is 13.1. The zero-order valence-electron chi connectivity index (χ0n) is 10.3. The van der Waals surface area contributed by atoms with Crippen molar-refractivity contribution in [2.75, 3.05) is 14.2 Å². The van der Waals surface area contributed by atoms with Gasteiger partial charge in [0.25, 0.3) is 0 Å². The number of aliphatic carboxylic acids is 1. The van der Waals surface area contributed by atoms with Gasteiger partial charge in [-0.1, -0.05) is 6.07 Å². The van der Waals surface area contributed by atoms with Crippen LogP contribution < -0.4 is 14.2 Å². The minimum Gasteiger partial charge on any atom is -0.493 e. The van der Waals surface area contributed by atoms with Gasteiger partial charge in [0.15, 0.2) is 17.1 Å². The van der Waals surface area contributed by atoms with Gasteiger partial charge in [0.05, 0.1) is 14.2 Å². The van der Waals surface area contributed by atoms with Crippen LogP contribution in [0.3, 0.4) is 0 Å². The van der Waals surface area contributed by atoms with Gasteiger partial charge < -0.3 is 19.3 Å². The Labute approximate surface area is 99.9 Å². The molecular formula is C12H16O5. The number of para-hydroxylation sites is 1. The number of methoxy groups -OCH3 is 2. The van der Waals surface area contributed by atoms with Crippen LogP contribution in [0.5, 0.6) is 17.2 Å². The molecule has 0 saturated heterocycles. The van der Waals surface area contributed by atoms with Crippen molar-refractivity contribution in [2.45, 2.75) is 19.4 Å². The number of carboxylic acid groups (broad SMARTS) is 1. The second-order valence-corrected chi connectivity index (χ2v) is 3.91. The van der Waals surface area contributed by atoms with Gasteiger partial charge >= 0.3 is 5.97 Å². The molecule has 0 radical (unpaired) electrons. The molecule has 0 aromatic heterocycles. The maximum Gasteiger partial charge on any atom is 0.347 e. The maximum atomic E-state index is 11.0. The molecular weight excluding hydrogens is 224 g/mol. The predicted octanol–water partition coefficient (Wildman–Crippen LogP) is 1.95. The van der Waals surface area contributed by atoms with Crippen molar-refractivity contribution in [1.29, 1.82) is 0 Å². The van der Waals surface area contributed by atoms with Gasteiger partial charge in [-0.05, 0) is 26.0 Å². The molecule has 1 aromatic rings. The van der Waals surface area contributed by atoms with E-state index in [1.807, 2.05) is 0 Å². The van der Waals surface area contributed by atoms with Crippen LogP contribution in [-0.4, -0.2) is 30.9 Å². The smallest absolute Gasteiger partial charge is 0.347 e. The lowest BCUT2D eigenvalue weighted by Crippen LogP contribution is -2.38. The second-order valence-electron chi connectivity index (χ2n) is 3.91. The number of hydrogen-bond acceptors (Lipinski definition) is 4. The highest BCUT2D eigenvalue weighted by Gasteiger charge is 2.31. The zero-order valence-corrected chi connectivity index (χ0v) is 10.3. The van der Waals surface area contributed by atoms with Crippen molar-refractivity contribution in [3.05, 3.63) is 18.2 Å². The van der Waals surface area contributed by atoms with Gasteiger partial charge in [-0.2, -0.15) is 0 Å². The van der Waals surface area contributed by atoms with Crippen LogP contribution >= 0.6 is 0 Å². The fourth-order valence-electron chi connectivity index (χ4n) is 1.22. The van der Waals surface area contributed by atoms with E-state index in [4.69, 9.17) is 19.3 Å². The monoisotopic (exact) mass is 240 g/mol. The summed E-state index contributed by atoms with van der Waals surface area (Å²) in [4.78, 5) is 11.0. The third-order valence-electron chi connectivity index (χ3n) is 2.25. The highest BCUT2D eigenvalue weighted by Crippen LogP contribution is 2.38. The molecule has 1 rings (SSSR count). The van der Waals surface area contributed by atoms with E-state index < -0.39 is 11.6 Å². The highest BCUT2D eigenvalue weighted by molar-refractivity contribution is 5.77. The Morgan fingerprint density at radius 3 is 2.00 bits per heavy atom. The quantitative estimate of drug-likeness (QED) is 0.852. The van der Waals surface area contributed by atoms with E-state index >= 15 is 0 Å². The highest BCUT2D eigenvalue weighted by atomic mass is 16.6. The molecule has 0 fully saturated rings. The summed E-state index contributed by atoms with van der Waals surface area (Å²) in [6.07, 6.45) is 0. The van der Waals surface area contributed by atoms with Crippen molar-refractivity contribution >= 4 is 5.97 Å². The maximum absolute atomic E-state index is 11.0. The lowest BCUT2D eigenvalue weighted by atomic mass is 10.1. The number of rotatable bonds is 5. The van der Waals surface area contributed by atoms with E-state index in [-0.39, 0.29) is 5.75 Å². The van der Waals surface area contributed by atoms with Crippen molar-refractivity contribution in [3.8, 4) is 17.2 Å². The molecule has 5 heteroatoms. The fraction of sp³-hybridized carbons (Fsp3) is 0.417. The standard InChI is InChI=1S/C12H16O5/c1-12(2,11(13)14)17-10-8(15-3)6-5-7-9(10)16-4/h5-7H,1-4H3,(H,13,14). The van der Waals surface area contributed by atoms with E-state index in [0.29, 0.717) is 11.5 Å². The van der Waals surface area contributed by atoms with Gasteiger partial charge in [0.1, 0.15) is 0 Å². The molecule has 1 N–H and O–H groups in total. The molecule has 17 heavy (non-hydrogen) atoms. The van der Waals surface area contributed by atoms with E-state index in [9.17, 15) is 4.79 Å². The van der Waals surface area contributed by atoms with Crippen LogP contribution in [0.15, 0.2) is 18.2 Å². The predicted molar refractivity (Wildman–Crippen MR) is 61.9 cm³/mol. The van der Waals surface area contributed by atoms with Crippen LogP contribution in [0.25, 0.3) is 0 Å². The fourth-order valence-corrected chi connectivity index (χ4v) is 1.22. The molecule has 0 unspecified atom stereocenters. The summed E-state index contributed by atoms with van der Waals surface area (Å²) in [7, 11) is 2.96. The molecule has 0 saturated carbocycles. The molecule has 1 aromatic carbocycles. The molecule has 0 aliphatic carbocycles. The minimum absolute atomic E-state index is 0.282. The summed E-state index contributed by atoms with van der Waals surface area (Å²) in [6.45, 7) is 2.92. The number of ether oxygens (including phenoxy) is 3. The van der Waals surface area contributed by atoms with Crippen LogP contribution in [0.4, 0.5) is 0 Å². The number of benzene rings is 1. The summed E-state index contributed by atoms with van der Waals surface area (Å²) in [5.41, 5.74) is -1.36. The van der Waals surface area contributed by atoms with E-state index in [1.165, 1.54) is 28.1 Å². The summed E-state index contributed by atoms with van der Waals surface area (Å²) >= 11 is 0. The Morgan fingerprint density at radius 2 is 1.65 bits per heavy atom. The number of carboxylic acids is 1. The summed E-state index contributed by atoms with van der Waals surface area (Å²) in [6, 6.07) is 5.09. The second kappa shape index (κ2) is 4.95. The molecule has 0 spiro atoms. The van der Waals surface area contributed by atoms with E-state index in [1.54, 1.807) is 18.2 Å². The largest absolute Gasteiger partial charge is 0.493 e. The number of carbonyl (C=O) groups is 1. The molecule has 0 aliphatic heterocycles. The van der Waals surface area contributed by atoms with Gasteiger partial charge in [-0.25, -0.2) is 4.79 Å². The molecule has 0 heterocycles. The number of hydrogen-bond donors (Lipinski definition) is 1. The van der Waals surface area contributed by atoms with Gasteiger partial charge in [-0.15, -0.1) is 0 Å². The third kappa shape index (κ3) is 2.81. The van der Waals surface area contributed by atoms with Crippen LogP contribution in [0, 0.1) is 0 Å². The van der Waals surface area contributed by atoms with Crippen molar-refractivity contribution in [2.24, 2.45) is 0 Å². The lowest BCUT2D eigenvalue weighted by molar-refractivity contribution is -0.152. The van der Waals surface area contributed by atoms with Gasteiger partial charge in [0.2, 0.25) is 5.75 Å². The minimum atomic E-state index is -1.36. The molecule has 0 aliphatic rings. The normalized spacial score (nSPS) is 10.8. The first-order valence-electron chi connectivity index (χ1n) is 5.05. The van der Waals surface area contributed by atoms with Crippen molar-refractivity contribution in [1.82, 2.24) is 0 Å². The van der Waals surface area contributed by atoms with E-state index in [0.717, 1.165) is 0 Å². The molecule has 0 amide bonds. The first-order valence-corrected chi connectivity index (χ1v) is 5.05. The van der Waals surface area contributed by atoms with Crippen molar-refractivity contribution in [3.63, 3.8) is 0 Å². The van der Waals surface area contributed by atoms with Gasteiger partial charge in [-0.3, -0.25) is 0 Å². The van der Waals surface area contributed by atoms with Crippen LogP contribution in [-0.2, 0) is 4.79 Å². The Kier molecular flexibility index (Phi) is 3.83. The molecule has 5 nitrogen and oxygen atoms in total. The molecule has 94 valence electrons. The Bertz CT molecular complexity index is 389. The molecule has 0 bridgehead atoms. The lowest BCUT2D eigenvalue weighted by Gasteiger charge is -2.24.